The molecule has 0 saturated carbocycles. The predicted molar refractivity (Wildman–Crippen MR) is 46.2 cm³/mol. The Bertz CT molecular complexity index is 115. The molecule has 1 atom stereocenters. The highest BCUT2D eigenvalue weighted by atomic mass is 16.2. The van der Waals surface area contributed by atoms with Crippen molar-refractivity contribution < 1.29 is 4.79 Å². The van der Waals surface area contributed by atoms with Crippen LogP contribution in [-0.2, 0) is 4.79 Å². The standard InChI is InChI=1S/C8H18N2O/c1-3-4-5-6-7(9)8(11)10-2/h7H,3-6,9H2,1-2H3,(H,10,11). The van der Waals surface area contributed by atoms with Gasteiger partial charge in [-0.15, -0.1) is 0 Å². The minimum atomic E-state index is -0.313. The lowest BCUT2D eigenvalue weighted by Gasteiger charge is -2.08. The number of carbonyl (C=O) groups excluding carboxylic acids is 1. The molecule has 0 aliphatic rings. The summed E-state index contributed by atoms with van der Waals surface area (Å²) in [5.74, 6) is -0.0545. The Balaban J connectivity index is 3.36. The second-order valence-electron chi connectivity index (χ2n) is 2.72. The van der Waals surface area contributed by atoms with Crippen LogP contribution in [0.3, 0.4) is 0 Å². The molecule has 0 spiro atoms. The SMILES string of the molecule is CCCCCC(N)C(=O)NC. The number of hydrogen-bond donors (Lipinski definition) is 2. The molecule has 0 bridgehead atoms. The highest BCUT2D eigenvalue weighted by Gasteiger charge is 2.09. The second kappa shape index (κ2) is 6.16. The van der Waals surface area contributed by atoms with Crippen molar-refractivity contribution >= 4 is 5.91 Å². The summed E-state index contributed by atoms with van der Waals surface area (Å²) in [4.78, 5) is 10.9. The summed E-state index contributed by atoms with van der Waals surface area (Å²) in [6.45, 7) is 2.13. The Labute approximate surface area is 68.3 Å². The molecule has 0 aliphatic carbocycles. The van der Waals surface area contributed by atoms with Gasteiger partial charge in [-0.2, -0.15) is 0 Å². The van der Waals surface area contributed by atoms with Gasteiger partial charge in [0, 0.05) is 7.05 Å². The van der Waals surface area contributed by atoms with E-state index in [0.29, 0.717) is 0 Å². The predicted octanol–water partition coefficient (Wildman–Crippen LogP) is 0.640. The number of unbranched alkanes of at least 4 members (excludes halogenated alkanes) is 2. The minimum absolute atomic E-state index is 0.0545. The Kier molecular flexibility index (Phi) is 5.84. The van der Waals surface area contributed by atoms with Crippen LogP contribution < -0.4 is 11.1 Å². The van der Waals surface area contributed by atoms with Crippen LogP contribution in [0.2, 0.25) is 0 Å². The molecule has 0 aliphatic heterocycles. The molecule has 0 fully saturated rings. The maximum atomic E-state index is 10.9. The van der Waals surface area contributed by atoms with E-state index in [-0.39, 0.29) is 11.9 Å². The normalized spacial score (nSPS) is 12.6. The van der Waals surface area contributed by atoms with Crippen molar-refractivity contribution in [3.05, 3.63) is 0 Å². The average Bonchev–Trinajstić information content (AvgIpc) is 2.03. The Morgan fingerprint density at radius 1 is 1.55 bits per heavy atom. The number of nitrogens with one attached hydrogen (secondary N) is 1. The summed E-state index contributed by atoms with van der Waals surface area (Å²) >= 11 is 0. The molecule has 11 heavy (non-hydrogen) atoms. The molecule has 3 nitrogen and oxygen atoms in total. The molecule has 66 valence electrons. The van der Waals surface area contributed by atoms with Crippen molar-refractivity contribution in [2.75, 3.05) is 7.05 Å². The van der Waals surface area contributed by atoms with Gasteiger partial charge in [0.05, 0.1) is 6.04 Å². The first-order valence-electron chi connectivity index (χ1n) is 4.19. The number of nitrogens with two attached hydrogens (primary N) is 1. The molecule has 0 saturated heterocycles. The first-order valence-corrected chi connectivity index (χ1v) is 4.19. The molecule has 0 aromatic rings. The molecular formula is C8H18N2O. The van der Waals surface area contributed by atoms with Gasteiger partial charge in [-0.25, -0.2) is 0 Å². The minimum Gasteiger partial charge on any atom is -0.358 e. The summed E-state index contributed by atoms with van der Waals surface area (Å²) in [6.07, 6.45) is 4.17. The van der Waals surface area contributed by atoms with Crippen LogP contribution in [-0.4, -0.2) is 19.0 Å². The smallest absolute Gasteiger partial charge is 0.236 e. The van der Waals surface area contributed by atoms with Crippen LogP contribution in [0.4, 0.5) is 0 Å². The molecule has 0 rings (SSSR count). The Morgan fingerprint density at radius 2 is 2.18 bits per heavy atom. The zero-order valence-electron chi connectivity index (χ0n) is 7.39. The molecule has 0 heterocycles. The van der Waals surface area contributed by atoms with E-state index >= 15 is 0 Å². The molecule has 0 aromatic carbocycles. The van der Waals surface area contributed by atoms with E-state index in [0.717, 1.165) is 19.3 Å². The molecular weight excluding hydrogens is 140 g/mol. The first kappa shape index (κ1) is 10.4. The maximum Gasteiger partial charge on any atom is 0.236 e. The topological polar surface area (TPSA) is 55.1 Å². The van der Waals surface area contributed by atoms with Gasteiger partial charge in [0.25, 0.3) is 0 Å². The van der Waals surface area contributed by atoms with Crippen LogP contribution in [0.5, 0.6) is 0 Å². The van der Waals surface area contributed by atoms with Crippen LogP contribution in [0.25, 0.3) is 0 Å². The Hall–Kier alpha value is -0.570. The third-order valence-electron chi connectivity index (χ3n) is 1.70. The molecule has 1 unspecified atom stereocenters. The van der Waals surface area contributed by atoms with E-state index < -0.39 is 0 Å². The van der Waals surface area contributed by atoms with Crippen molar-refractivity contribution in [2.24, 2.45) is 5.73 Å². The summed E-state index contributed by atoms with van der Waals surface area (Å²) in [7, 11) is 1.61. The van der Waals surface area contributed by atoms with Crippen molar-refractivity contribution in [1.82, 2.24) is 5.32 Å². The van der Waals surface area contributed by atoms with Crippen molar-refractivity contribution in [1.29, 1.82) is 0 Å². The van der Waals surface area contributed by atoms with Gasteiger partial charge in [-0.1, -0.05) is 26.2 Å². The van der Waals surface area contributed by atoms with Crippen molar-refractivity contribution in [3.8, 4) is 0 Å². The van der Waals surface area contributed by atoms with Crippen molar-refractivity contribution in [3.63, 3.8) is 0 Å². The highest BCUT2D eigenvalue weighted by molar-refractivity contribution is 5.81. The molecule has 3 heteroatoms. The fourth-order valence-corrected chi connectivity index (χ4v) is 0.931. The lowest BCUT2D eigenvalue weighted by Crippen LogP contribution is -2.38. The third-order valence-corrected chi connectivity index (χ3v) is 1.70. The van der Waals surface area contributed by atoms with Gasteiger partial charge in [0.2, 0.25) is 5.91 Å². The van der Waals surface area contributed by atoms with Crippen LogP contribution in [0, 0.1) is 0 Å². The van der Waals surface area contributed by atoms with Gasteiger partial charge in [-0.05, 0) is 6.42 Å². The van der Waals surface area contributed by atoms with Gasteiger partial charge in [0.15, 0.2) is 0 Å². The highest BCUT2D eigenvalue weighted by Crippen LogP contribution is 2.01. The summed E-state index contributed by atoms with van der Waals surface area (Å²) < 4.78 is 0. The van der Waals surface area contributed by atoms with E-state index in [1.807, 2.05) is 0 Å². The van der Waals surface area contributed by atoms with Gasteiger partial charge < -0.3 is 11.1 Å². The number of carbonyl (C=O) groups is 1. The summed E-state index contributed by atoms with van der Waals surface area (Å²) in [5, 5.41) is 2.53. The first-order chi connectivity index (χ1) is 5.22. The molecule has 0 radical (unpaired) electrons. The van der Waals surface area contributed by atoms with E-state index in [9.17, 15) is 4.79 Å². The van der Waals surface area contributed by atoms with E-state index in [4.69, 9.17) is 5.73 Å². The van der Waals surface area contributed by atoms with Gasteiger partial charge >= 0.3 is 0 Å². The number of rotatable bonds is 5. The number of hydrogen-bond acceptors (Lipinski definition) is 2. The number of amides is 1. The van der Waals surface area contributed by atoms with Gasteiger partial charge in [-0.3, -0.25) is 4.79 Å². The zero-order chi connectivity index (χ0) is 8.69. The lowest BCUT2D eigenvalue weighted by molar-refractivity contribution is -0.122. The number of likely N-dealkylation sites (N-methyl/N-ethyl adjacent to an activating group) is 1. The van der Waals surface area contributed by atoms with E-state index in [2.05, 4.69) is 12.2 Å². The maximum absolute atomic E-state index is 10.9. The third kappa shape index (κ3) is 4.79. The second-order valence-corrected chi connectivity index (χ2v) is 2.72. The van der Waals surface area contributed by atoms with E-state index in [1.54, 1.807) is 7.05 Å². The van der Waals surface area contributed by atoms with Crippen LogP contribution >= 0.6 is 0 Å². The fourth-order valence-electron chi connectivity index (χ4n) is 0.931. The largest absolute Gasteiger partial charge is 0.358 e. The monoisotopic (exact) mass is 158 g/mol. The van der Waals surface area contributed by atoms with Crippen molar-refractivity contribution in [2.45, 2.75) is 38.6 Å². The average molecular weight is 158 g/mol. The summed E-state index contributed by atoms with van der Waals surface area (Å²) in [5.41, 5.74) is 5.56. The van der Waals surface area contributed by atoms with Gasteiger partial charge in [0.1, 0.15) is 0 Å². The molecule has 1 amide bonds. The van der Waals surface area contributed by atoms with E-state index in [1.165, 1.54) is 6.42 Å². The fraction of sp³-hybridized carbons (Fsp3) is 0.875. The van der Waals surface area contributed by atoms with Crippen LogP contribution in [0.15, 0.2) is 0 Å². The van der Waals surface area contributed by atoms with Crippen LogP contribution in [0.1, 0.15) is 32.6 Å². The quantitative estimate of drug-likeness (QED) is 0.577. The Morgan fingerprint density at radius 3 is 2.64 bits per heavy atom. The molecule has 0 aromatic heterocycles. The molecule has 3 N–H and O–H groups in total. The summed E-state index contributed by atoms with van der Waals surface area (Å²) in [6, 6.07) is -0.313. The zero-order valence-corrected chi connectivity index (χ0v) is 7.39. The lowest BCUT2D eigenvalue weighted by atomic mass is 10.1.